The Balaban J connectivity index is 1.62. The smallest absolute Gasteiger partial charge is 0.0116 e. The van der Waals surface area contributed by atoms with Gasteiger partial charge in [-0.05, 0) is 57.2 Å². The zero-order chi connectivity index (χ0) is 13.9. The van der Waals surface area contributed by atoms with Gasteiger partial charge in [0.2, 0.25) is 0 Å². The first-order chi connectivity index (χ1) is 9.81. The predicted molar refractivity (Wildman–Crippen MR) is 89.5 cm³/mol. The highest BCUT2D eigenvalue weighted by molar-refractivity contribution is 7.99. The Morgan fingerprint density at radius 3 is 2.30 bits per heavy atom. The minimum atomic E-state index is 0.800. The van der Waals surface area contributed by atoms with E-state index in [0.29, 0.717) is 0 Å². The van der Waals surface area contributed by atoms with Crippen LogP contribution in [0.5, 0.6) is 0 Å². The van der Waals surface area contributed by atoms with Crippen LogP contribution in [0.1, 0.15) is 65.2 Å². The lowest BCUT2D eigenvalue weighted by Gasteiger charge is -2.52. The van der Waals surface area contributed by atoms with Crippen molar-refractivity contribution in [1.82, 2.24) is 10.2 Å². The fraction of sp³-hybridized carbons (Fsp3) is 1.00. The summed E-state index contributed by atoms with van der Waals surface area (Å²) in [4.78, 5) is 2.99. The van der Waals surface area contributed by atoms with Crippen LogP contribution in [-0.4, -0.2) is 46.6 Å². The van der Waals surface area contributed by atoms with Gasteiger partial charge in [-0.3, -0.25) is 4.90 Å². The second-order valence-electron chi connectivity index (χ2n) is 6.96. The summed E-state index contributed by atoms with van der Waals surface area (Å²) in [6.07, 6.45) is 11.6. The zero-order valence-electron chi connectivity index (χ0n) is 13.3. The fourth-order valence-electron chi connectivity index (χ4n) is 5.04. The SMILES string of the molecule is CCNC1CC2CCCC(C1)N2C1CCC(SCC)C1. The third-order valence-electron chi connectivity index (χ3n) is 5.70. The molecule has 0 spiro atoms. The van der Waals surface area contributed by atoms with Crippen LogP contribution in [0.4, 0.5) is 0 Å². The predicted octanol–water partition coefficient (Wildman–Crippen LogP) is 3.66. The quantitative estimate of drug-likeness (QED) is 0.833. The Kier molecular flexibility index (Phi) is 5.33. The van der Waals surface area contributed by atoms with Crippen molar-refractivity contribution in [2.75, 3.05) is 12.3 Å². The Hall–Kier alpha value is 0.270. The van der Waals surface area contributed by atoms with Gasteiger partial charge in [0, 0.05) is 29.4 Å². The van der Waals surface area contributed by atoms with Crippen molar-refractivity contribution in [3.8, 4) is 0 Å². The van der Waals surface area contributed by atoms with Gasteiger partial charge in [0.1, 0.15) is 0 Å². The summed E-state index contributed by atoms with van der Waals surface area (Å²) in [6, 6.07) is 3.49. The molecule has 0 aromatic heterocycles. The van der Waals surface area contributed by atoms with Gasteiger partial charge in [-0.25, -0.2) is 0 Å². The van der Waals surface area contributed by atoms with Crippen molar-refractivity contribution in [1.29, 1.82) is 0 Å². The molecular weight excluding hydrogens is 264 g/mol. The summed E-state index contributed by atoms with van der Waals surface area (Å²) in [5, 5.41) is 4.68. The van der Waals surface area contributed by atoms with E-state index in [2.05, 4.69) is 35.8 Å². The number of nitrogens with zero attached hydrogens (tertiary/aromatic N) is 1. The Morgan fingerprint density at radius 2 is 1.65 bits per heavy atom. The van der Waals surface area contributed by atoms with Crippen LogP contribution in [0, 0.1) is 0 Å². The van der Waals surface area contributed by atoms with Crippen molar-refractivity contribution >= 4 is 11.8 Å². The van der Waals surface area contributed by atoms with Gasteiger partial charge in [-0.1, -0.05) is 20.3 Å². The monoisotopic (exact) mass is 296 g/mol. The molecule has 1 saturated carbocycles. The van der Waals surface area contributed by atoms with E-state index in [1.54, 1.807) is 0 Å². The van der Waals surface area contributed by atoms with Gasteiger partial charge >= 0.3 is 0 Å². The molecule has 2 saturated heterocycles. The first-order valence-corrected chi connectivity index (χ1v) is 9.99. The lowest BCUT2D eigenvalue weighted by atomic mass is 9.80. The van der Waals surface area contributed by atoms with Gasteiger partial charge in [0.15, 0.2) is 0 Å². The Morgan fingerprint density at radius 1 is 0.950 bits per heavy atom. The standard InChI is InChI=1S/C17H32N2S/c1-3-18-13-10-14-6-5-7-15(11-13)19(14)16-8-9-17(12-16)20-4-2/h13-18H,3-12H2,1-2H3. The Labute approximate surface area is 129 Å². The molecule has 0 amide bonds. The van der Waals surface area contributed by atoms with Gasteiger partial charge < -0.3 is 5.32 Å². The number of rotatable bonds is 5. The third kappa shape index (κ3) is 3.20. The van der Waals surface area contributed by atoms with Crippen LogP contribution in [-0.2, 0) is 0 Å². The molecule has 116 valence electrons. The van der Waals surface area contributed by atoms with Crippen LogP contribution < -0.4 is 5.32 Å². The summed E-state index contributed by atoms with van der Waals surface area (Å²) in [5.74, 6) is 1.30. The summed E-state index contributed by atoms with van der Waals surface area (Å²) >= 11 is 2.20. The average molecular weight is 297 g/mol. The lowest BCUT2D eigenvalue weighted by Crippen LogP contribution is -2.59. The van der Waals surface area contributed by atoms with Gasteiger partial charge in [0.05, 0.1) is 0 Å². The van der Waals surface area contributed by atoms with Crippen molar-refractivity contribution in [3.63, 3.8) is 0 Å². The van der Waals surface area contributed by atoms with E-state index in [-0.39, 0.29) is 0 Å². The molecule has 0 radical (unpaired) electrons. The highest BCUT2D eigenvalue weighted by Gasteiger charge is 2.43. The minimum absolute atomic E-state index is 0.800. The second-order valence-corrected chi connectivity index (χ2v) is 8.53. The van der Waals surface area contributed by atoms with E-state index in [9.17, 15) is 0 Å². The molecule has 3 heteroatoms. The van der Waals surface area contributed by atoms with Crippen molar-refractivity contribution < 1.29 is 0 Å². The average Bonchev–Trinajstić information content (AvgIpc) is 2.87. The molecule has 4 unspecified atom stereocenters. The topological polar surface area (TPSA) is 15.3 Å². The second kappa shape index (κ2) is 7.02. The van der Waals surface area contributed by atoms with Crippen LogP contribution in [0.3, 0.4) is 0 Å². The molecule has 3 rings (SSSR count). The molecule has 0 aromatic rings. The van der Waals surface area contributed by atoms with E-state index < -0.39 is 0 Å². The van der Waals surface area contributed by atoms with E-state index in [4.69, 9.17) is 0 Å². The van der Waals surface area contributed by atoms with Crippen LogP contribution in [0.25, 0.3) is 0 Å². The number of thioether (sulfide) groups is 1. The highest BCUT2D eigenvalue weighted by Crippen LogP contribution is 2.41. The number of nitrogens with one attached hydrogen (secondary N) is 1. The molecular formula is C17H32N2S. The van der Waals surface area contributed by atoms with Crippen LogP contribution in [0.2, 0.25) is 0 Å². The molecule has 20 heavy (non-hydrogen) atoms. The molecule has 4 atom stereocenters. The molecule has 2 aliphatic heterocycles. The summed E-state index contributed by atoms with van der Waals surface area (Å²) in [5.41, 5.74) is 0. The maximum Gasteiger partial charge on any atom is 0.0116 e. The lowest BCUT2D eigenvalue weighted by molar-refractivity contribution is -0.00839. The van der Waals surface area contributed by atoms with Gasteiger partial charge in [-0.2, -0.15) is 11.8 Å². The van der Waals surface area contributed by atoms with E-state index >= 15 is 0 Å². The first-order valence-electron chi connectivity index (χ1n) is 8.94. The largest absolute Gasteiger partial charge is 0.314 e. The fourth-order valence-corrected chi connectivity index (χ4v) is 6.18. The summed E-state index contributed by atoms with van der Waals surface area (Å²) in [7, 11) is 0. The molecule has 1 aliphatic carbocycles. The number of piperidine rings is 2. The maximum absolute atomic E-state index is 3.72. The molecule has 3 aliphatic rings. The van der Waals surface area contributed by atoms with Gasteiger partial charge in [-0.15, -0.1) is 0 Å². The van der Waals surface area contributed by atoms with E-state index in [1.807, 2.05) is 0 Å². The van der Waals surface area contributed by atoms with Gasteiger partial charge in [0.25, 0.3) is 0 Å². The summed E-state index contributed by atoms with van der Waals surface area (Å²) in [6.45, 7) is 5.71. The zero-order valence-corrected chi connectivity index (χ0v) is 14.1. The molecule has 2 heterocycles. The van der Waals surface area contributed by atoms with E-state index in [1.165, 1.54) is 57.1 Å². The molecule has 3 fully saturated rings. The van der Waals surface area contributed by atoms with Crippen molar-refractivity contribution in [2.24, 2.45) is 0 Å². The molecule has 2 bridgehead atoms. The maximum atomic E-state index is 3.72. The minimum Gasteiger partial charge on any atom is -0.314 e. The third-order valence-corrected chi connectivity index (χ3v) is 6.94. The first kappa shape index (κ1) is 15.2. The summed E-state index contributed by atoms with van der Waals surface area (Å²) < 4.78 is 0. The number of fused-ring (bicyclic) bond motifs is 2. The highest BCUT2D eigenvalue weighted by atomic mass is 32.2. The number of hydrogen-bond donors (Lipinski definition) is 1. The molecule has 2 nitrogen and oxygen atoms in total. The number of hydrogen-bond acceptors (Lipinski definition) is 3. The van der Waals surface area contributed by atoms with Crippen molar-refractivity contribution in [3.05, 3.63) is 0 Å². The van der Waals surface area contributed by atoms with Crippen molar-refractivity contribution in [2.45, 2.75) is 94.6 Å². The normalized spacial score (nSPS) is 42.0. The molecule has 0 aromatic carbocycles. The molecule has 1 N–H and O–H groups in total. The Bertz CT molecular complexity index is 293. The van der Waals surface area contributed by atoms with Crippen LogP contribution >= 0.6 is 11.8 Å². The van der Waals surface area contributed by atoms with E-state index in [0.717, 1.165) is 36.0 Å². The van der Waals surface area contributed by atoms with Crippen LogP contribution in [0.15, 0.2) is 0 Å².